The van der Waals surface area contributed by atoms with E-state index in [2.05, 4.69) is 15.2 Å². The number of nitrogens with two attached hydrogens (primary N) is 1. The van der Waals surface area contributed by atoms with E-state index < -0.39 is 5.91 Å². The van der Waals surface area contributed by atoms with Crippen molar-refractivity contribution in [2.75, 3.05) is 24.4 Å². The minimum absolute atomic E-state index is 0.439. The lowest BCUT2D eigenvalue weighted by atomic mass is 10.1. The summed E-state index contributed by atoms with van der Waals surface area (Å²) in [7, 11) is 3.66. The molecule has 1 saturated carbocycles. The van der Waals surface area contributed by atoms with Crippen LogP contribution in [0.1, 0.15) is 36.0 Å². The Hall–Kier alpha value is -2.76. The van der Waals surface area contributed by atoms with Gasteiger partial charge in [-0.3, -0.25) is 4.79 Å². The van der Waals surface area contributed by atoms with Crippen LogP contribution >= 0.6 is 0 Å². The monoisotopic (exact) mass is 340 g/mol. The highest BCUT2D eigenvalue weighted by Crippen LogP contribution is 2.31. The molecular weight excluding hydrogens is 316 g/mol. The lowest BCUT2D eigenvalue weighted by Gasteiger charge is -2.28. The number of aromatic nitrogens is 1. The maximum absolute atomic E-state index is 11.8. The number of methoxy groups -OCH3 is 1. The molecule has 1 fully saturated rings. The first kappa shape index (κ1) is 17.1. The van der Waals surface area contributed by atoms with Gasteiger partial charge in [-0.1, -0.05) is 12.8 Å². The van der Waals surface area contributed by atoms with Gasteiger partial charge in [-0.15, -0.1) is 0 Å². The zero-order valence-corrected chi connectivity index (χ0v) is 14.7. The number of primary amides is 1. The Balaban J connectivity index is 1.87. The SMILES string of the molecule is COc1ccc(Nc2cc(N(C)C3CCCC3)c(C(N)=O)cn2)cc1. The van der Waals surface area contributed by atoms with E-state index in [4.69, 9.17) is 10.5 Å². The number of ether oxygens (including phenoxy) is 1. The molecule has 0 radical (unpaired) electrons. The van der Waals surface area contributed by atoms with E-state index in [1.54, 1.807) is 13.3 Å². The molecule has 6 heteroatoms. The van der Waals surface area contributed by atoms with Crippen LogP contribution in [0.2, 0.25) is 0 Å². The van der Waals surface area contributed by atoms with Gasteiger partial charge in [-0.05, 0) is 37.1 Å². The van der Waals surface area contributed by atoms with Crippen LogP contribution in [0.5, 0.6) is 5.75 Å². The predicted octanol–water partition coefficient (Wildman–Crippen LogP) is 3.31. The quantitative estimate of drug-likeness (QED) is 0.843. The Bertz CT molecular complexity index is 740. The van der Waals surface area contributed by atoms with Crippen molar-refractivity contribution in [2.24, 2.45) is 5.73 Å². The molecule has 1 aliphatic carbocycles. The second kappa shape index (κ2) is 7.42. The van der Waals surface area contributed by atoms with Crippen LogP contribution in [-0.4, -0.2) is 31.1 Å². The normalized spacial score (nSPS) is 14.3. The molecule has 3 N–H and O–H groups in total. The first-order valence-electron chi connectivity index (χ1n) is 8.52. The minimum atomic E-state index is -0.455. The van der Waals surface area contributed by atoms with Crippen molar-refractivity contribution in [1.29, 1.82) is 0 Å². The Morgan fingerprint density at radius 2 is 1.96 bits per heavy atom. The van der Waals surface area contributed by atoms with Crippen molar-refractivity contribution in [3.05, 3.63) is 42.1 Å². The molecule has 132 valence electrons. The number of rotatable bonds is 6. The Kier molecular flexibility index (Phi) is 5.07. The number of nitrogens with zero attached hydrogens (tertiary/aromatic N) is 2. The fourth-order valence-corrected chi connectivity index (χ4v) is 3.31. The Labute approximate surface area is 148 Å². The summed E-state index contributed by atoms with van der Waals surface area (Å²) in [5.74, 6) is 1.02. The number of anilines is 3. The number of hydrogen-bond acceptors (Lipinski definition) is 5. The molecule has 1 aromatic heterocycles. The summed E-state index contributed by atoms with van der Waals surface area (Å²) in [6.45, 7) is 0. The summed E-state index contributed by atoms with van der Waals surface area (Å²) < 4.78 is 5.17. The van der Waals surface area contributed by atoms with E-state index in [-0.39, 0.29) is 0 Å². The molecule has 2 aromatic rings. The van der Waals surface area contributed by atoms with Gasteiger partial charge in [0, 0.05) is 31.0 Å². The van der Waals surface area contributed by atoms with Crippen molar-refractivity contribution < 1.29 is 9.53 Å². The molecule has 0 saturated heterocycles. The van der Waals surface area contributed by atoms with E-state index in [0.29, 0.717) is 17.4 Å². The zero-order valence-electron chi connectivity index (χ0n) is 14.7. The Morgan fingerprint density at radius 3 is 2.56 bits per heavy atom. The maximum atomic E-state index is 11.8. The van der Waals surface area contributed by atoms with Crippen molar-refractivity contribution in [1.82, 2.24) is 4.98 Å². The van der Waals surface area contributed by atoms with Gasteiger partial charge in [0.05, 0.1) is 18.4 Å². The molecule has 0 atom stereocenters. The first-order valence-corrected chi connectivity index (χ1v) is 8.52. The van der Waals surface area contributed by atoms with Crippen LogP contribution in [0.25, 0.3) is 0 Å². The predicted molar refractivity (Wildman–Crippen MR) is 99.7 cm³/mol. The molecule has 1 aromatic carbocycles. The highest BCUT2D eigenvalue weighted by atomic mass is 16.5. The largest absolute Gasteiger partial charge is 0.497 e. The molecule has 6 nitrogen and oxygen atoms in total. The molecular formula is C19H24N4O2. The second-order valence-electron chi connectivity index (χ2n) is 6.35. The van der Waals surface area contributed by atoms with Gasteiger partial charge in [0.25, 0.3) is 5.91 Å². The molecule has 1 amide bonds. The summed E-state index contributed by atoms with van der Waals surface area (Å²) in [6, 6.07) is 9.93. The highest BCUT2D eigenvalue weighted by Gasteiger charge is 2.23. The Morgan fingerprint density at radius 1 is 1.28 bits per heavy atom. The zero-order chi connectivity index (χ0) is 17.8. The van der Waals surface area contributed by atoms with Gasteiger partial charge in [-0.25, -0.2) is 4.98 Å². The minimum Gasteiger partial charge on any atom is -0.497 e. The number of nitrogens with one attached hydrogen (secondary N) is 1. The van der Waals surface area contributed by atoms with Gasteiger partial charge in [0.15, 0.2) is 0 Å². The van der Waals surface area contributed by atoms with Crippen LogP contribution in [0.4, 0.5) is 17.2 Å². The summed E-state index contributed by atoms with van der Waals surface area (Å²) in [5, 5.41) is 3.26. The fraction of sp³-hybridized carbons (Fsp3) is 0.368. The van der Waals surface area contributed by atoms with Gasteiger partial charge >= 0.3 is 0 Å². The smallest absolute Gasteiger partial charge is 0.252 e. The third-order valence-corrected chi connectivity index (χ3v) is 4.76. The van der Waals surface area contributed by atoms with Gasteiger partial charge in [0.2, 0.25) is 0 Å². The molecule has 25 heavy (non-hydrogen) atoms. The van der Waals surface area contributed by atoms with E-state index in [1.165, 1.54) is 12.8 Å². The number of carbonyl (C=O) groups is 1. The van der Waals surface area contributed by atoms with Crippen LogP contribution in [0.15, 0.2) is 36.5 Å². The molecule has 1 aliphatic rings. The van der Waals surface area contributed by atoms with E-state index >= 15 is 0 Å². The van der Waals surface area contributed by atoms with Crippen LogP contribution < -0.4 is 20.7 Å². The van der Waals surface area contributed by atoms with Gasteiger partial charge < -0.3 is 20.7 Å². The van der Waals surface area contributed by atoms with Crippen LogP contribution in [0, 0.1) is 0 Å². The van der Waals surface area contributed by atoms with Crippen molar-refractivity contribution in [3.8, 4) is 5.75 Å². The molecule has 3 rings (SSSR count). The summed E-state index contributed by atoms with van der Waals surface area (Å²) in [4.78, 5) is 18.3. The van der Waals surface area contributed by atoms with E-state index in [0.717, 1.165) is 30.0 Å². The highest BCUT2D eigenvalue weighted by molar-refractivity contribution is 5.99. The van der Waals surface area contributed by atoms with Crippen LogP contribution in [0.3, 0.4) is 0 Å². The molecule has 0 aliphatic heterocycles. The number of benzene rings is 1. The molecule has 0 bridgehead atoms. The third kappa shape index (κ3) is 3.84. The average molecular weight is 340 g/mol. The van der Waals surface area contributed by atoms with E-state index in [9.17, 15) is 4.79 Å². The summed E-state index contributed by atoms with van der Waals surface area (Å²) in [6.07, 6.45) is 6.28. The fourth-order valence-electron chi connectivity index (χ4n) is 3.31. The molecule has 1 heterocycles. The van der Waals surface area contributed by atoms with Crippen molar-refractivity contribution >= 4 is 23.1 Å². The molecule has 0 spiro atoms. The number of carbonyl (C=O) groups excluding carboxylic acids is 1. The molecule has 0 unspecified atom stereocenters. The maximum Gasteiger partial charge on any atom is 0.252 e. The number of hydrogen-bond donors (Lipinski definition) is 2. The van der Waals surface area contributed by atoms with E-state index in [1.807, 2.05) is 37.4 Å². The summed E-state index contributed by atoms with van der Waals surface area (Å²) >= 11 is 0. The number of amides is 1. The van der Waals surface area contributed by atoms with Crippen LogP contribution in [-0.2, 0) is 0 Å². The van der Waals surface area contributed by atoms with Crippen molar-refractivity contribution in [3.63, 3.8) is 0 Å². The average Bonchev–Trinajstić information content (AvgIpc) is 3.16. The first-order chi connectivity index (χ1) is 12.1. The van der Waals surface area contributed by atoms with Crippen molar-refractivity contribution in [2.45, 2.75) is 31.7 Å². The standard InChI is InChI=1S/C19H24N4O2/c1-23(14-5-3-4-6-14)17-11-18(21-12-16(17)19(20)24)22-13-7-9-15(25-2)10-8-13/h7-12,14H,3-6H2,1-2H3,(H2,20,24)(H,21,22). The van der Waals surface area contributed by atoms with Gasteiger partial charge in [-0.2, -0.15) is 0 Å². The lowest BCUT2D eigenvalue weighted by molar-refractivity contribution is 0.100. The summed E-state index contributed by atoms with van der Waals surface area (Å²) in [5.41, 5.74) is 7.72. The third-order valence-electron chi connectivity index (χ3n) is 4.76. The van der Waals surface area contributed by atoms with Gasteiger partial charge in [0.1, 0.15) is 11.6 Å². The lowest BCUT2D eigenvalue weighted by Crippen LogP contribution is -2.31. The second-order valence-corrected chi connectivity index (χ2v) is 6.35. The topological polar surface area (TPSA) is 80.5 Å². The number of pyridine rings is 1.